The summed E-state index contributed by atoms with van der Waals surface area (Å²) in [6, 6.07) is 10.9. The fourth-order valence-electron chi connectivity index (χ4n) is 2.06. The van der Waals surface area contributed by atoms with Crippen molar-refractivity contribution in [1.29, 1.82) is 0 Å². The summed E-state index contributed by atoms with van der Waals surface area (Å²) >= 11 is 5.95. The lowest BCUT2D eigenvalue weighted by atomic mass is 10.2. The number of halogens is 2. The van der Waals surface area contributed by atoms with Crippen molar-refractivity contribution in [2.24, 2.45) is 21.7 Å². The van der Waals surface area contributed by atoms with Crippen LogP contribution in [0.1, 0.15) is 12.0 Å². The first-order valence-corrected chi connectivity index (χ1v) is 9.60. The summed E-state index contributed by atoms with van der Waals surface area (Å²) in [4.78, 5) is -0.105. The Labute approximate surface area is 174 Å². The Morgan fingerprint density at radius 1 is 1.18 bits per heavy atom. The lowest BCUT2D eigenvalue weighted by Gasteiger charge is -2.11. The molecule has 0 aromatic heterocycles. The minimum Gasteiger partial charge on any atom is -0.493 e. The molecule has 0 unspecified atom stereocenters. The molecule has 28 heavy (non-hydrogen) atoms. The first kappa shape index (κ1) is 23.5. The predicted octanol–water partition coefficient (Wildman–Crippen LogP) is 2.87. The van der Waals surface area contributed by atoms with Crippen molar-refractivity contribution >= 4 is 46.3 Å². The van der Waals surface area contributed by atoms with Gasteiger partial charge in [0, 0.05) is 18.7 Å². The van der Waals surface area contributed by atoms with Crippen LogP contribution in [0.5, 0.6) is 11.5 Å². The van der Waals surface area contributed by atoms with Crippen LogP contribution in [0.15, 0.2) is 57.6 Å². The zero-order valence-corrected chi connectivity index (χ0v) is 17.3. The minimum atomic E-state index is -4.07. The van der Waals surface area contributed by atoms with Gasteiger partial charge in [0.05, 0.1) is 11.6 Å². The van der Waals surface area contributed by atoms with Crippen molar-refractivity contribution < 1.29 is 17.3 Å². The van der Waals surface area contributed by atoms with E-state index >= 15 is 0 Å². The van der Waals surface area contributed by atoms with Gasteiger partial charge in [0.25, 0.3) is 0 Å². The summed E-state index contributed by atoms with van der Waals surface area (Å²) in [6.45, 7) is 2.09. The van der Waals surface area contributed by atoms with Gasteiger partial charge in [-0.05, 0) is 36.8 Å². The SMILES string of the molecule is Cc1cc(OCC/C=N/N=C(N)N)cc(OS(=O)(=O)c2ccccc2Cl)c1.Cl. The van der Waals surface area contributed by atoms with Crippen LogP contribution in [0.2, 0.25) is 5.02 Å². The number of hydrogen-bond donors (Lipinski definition) is 2. The van der Waals surface area contributed by atoms with E-state index < -0.39 is 10.1 Å². The first-order chi connectivity index (χ1) is 12.8. The van der Waals surface area contributed by atoms with E-state index in [1.54, 1.807) is 31.2 Å². The molecule has 0 bridgehead atoms. The molecule has 2 rings (SSSR count). The molecule has 0 aliphatic rings. The highest BCUT2D eigenvalue weighted by molar-refractivity contribution is 7.87. The maximum atomic E-state index is 12.4. The van der Waals surface area contributed by atoms with Crippen LogP contribution in [0.4, 0.5) is 0 Å². The third-order valence-corrected chi connectivity index (χ3v) is 4.86. The van der Waals surface area contributed by atoms with Crippen LogP contribution in [-0.2, 0) is 10.1 Å². The van der Waals surface area contributed by atoms with Crippen LogP contribution in [0.25, 0.3) is 0 Å². The highest BCUT2D eigenvalue weighted by Crippen LogP contribution is 2.28. The second-order valence-electron chi connectivity index (χ2n) is 5.41. The van der Waals surface area contributed by atoms with E-state index in [9.17, 15) is 8.42 Å². The summed E-state index contributed by atoms with van der Waals surface area (Å²) in [7, 11) is -4.07. The van der Waals surface area contributed by atoms with E-state index in [2.05, 4.69) is 10.2 Å². The molecule has 0 heterocycles. The van der Waals surface area contributed by atoms with Crippen LogP contribution < -0.4 is 20.4 Å². The van der Waals surface area contributed by atoms with Gasteiger partial charge in [0.15, 0.2) is 0 Å². The lowest BCUT2D eigenvalue weighted by molar-refractivity contribution is 0.329. The zero-order valence-electron chi connectivity index (χ0n) is 14.9. The highest BCUT2D eigenvalue weighted by atomic mass is 35.5. The van der Waals surface area contributed by atoms with E-state index in [4.69, 9.17) is 32.0 Å². The monoisotopic (exact) mass is 446 g/mol. The Kier molecular flexibility index (Phi) is 9.04. The molecule has 2 aromatic rings. The Hall–Kier alpha value is -2.49. The summed E-state index contributed by atoms with van der Waals surface area (Å²) in [5.74, 6) is 0.445. The molecule has 152 valence electrons. The van der Waals surface area contributed by atoms with E-state index in [0.29, 0.717) is 18.8 Å². The van der Waals surface area contributed by atoms with E-state index in [1.165, 1.54) is 24.4 Å². The highest BCUT2D eigenvalue weighted by Gasteiger charge is 2.20. The van der Waals surface area contributed by atoms with Crippen molar-refractivity contribution in [2.45, 2.75) is 18.2 Å². The van der Waals surface area contributed by atoms with E-state index in [0.717, 1.165) is 5.56 Å². The normalized spacial score (nSPS) is 10.9. The predicted molar refractivity (Wildman–Crippen MR) is 112 cm³/mol. The van der Waals surface area contributed by atoms with Crippen molar-refractivity contribution in [3.63, 3.8) is 0 Å². The fourth-order valence-corrected chi connectivity index (χ4v) is 3.47. The second kappa shape index (κ2) is 10.7. The maximum Gasteiger partial charge on any atom is 0.340 e. The van der Waals surface area contributed by atoms with Gasteiger partial charge in [-0.3, -0.25) is 0 Å². The summed E-state index contributed by atoms with van der Waals surface area (Å²) in [5.41, 5.74) is 11.1. The summed E-state index contributed by atoms with van der Waals surface area (Å²) < 4.78 is 35.6. The third kappa shape index (κ3) is 7.26. The minimum absolute atomic E-state index is 0. The number of nitrogens with two attached hydrogens (primary N) is 2. The number of ether oxygens (including phenoxy) is 1. The number of aryl methyl sites for hydroxylation is 1. The molecular weight excluding hydrogens is 427 g/mol. The van der Waals surface area contributed by atoms with Gasteiger partial charge in [0.1, 0.15) is 16.4 Å². The molecule has 0 spiro atoms. The van der Waals surface area contributed by atoms with Gasteiger partial charge in [-0.2, -0.15) is 13.5 Å². The maximum absolute atomic E-state index is 12.4. The van der Waals surface area contributed by atoms with Gasteiger partial charge in [-0.15, -0.1) is 17.5 Å². The third-order valence-electron chi connectivity index (χ3n) is 3.11. The molecule has 0 radical (unpaired) electrons. The lowest BCUT2D eigenvalue weighted by Crippen LogP contribution is -2.21. The number of benzene rings is 2. The van der Waals surface area contributed by atoms with Gasteiger partial charge >= 0.3 is 10.1 Å². The van der Waals surface area contributed by atoms with E-state index in [1.807, 2.05) is 0 Å². The topological polar surface area (TPSA) is 129 Å². The molecule has 0 amide bonds. The van der Waals surface area contributed by atoms with Gasteiger partial charge < -0.3 is 20.4 Å². The smallest absolute Gasteiger partial charge is 0.340 e. The second-order valence-corrected chi connectivity index (χ2v) is 7.33. The molecule has 0 saturated carbocycles. The molecule has 2 aromatic carbocycles. The molecule has 0 fully saturated rings. The quantitative estimate of drug-likeness (QED) is 0.211. The molecule has 0 atom stereocenters. The average Bonchev–Trinajstić information content (AvgIpc) is 2.57. The van der Waals surface area contributed by atoms with Gasteiger partial charge in [-0.25, -0.2) is 0 Å². The Balaban J connectivity index is 0.00000392. The molecule has 0 saturated heterocycles. The van der Waals surface area contributed by atoms with Crippen molar-refractivity contribution in [2.75, 3.05) is 6.61 Å². The number of nitrogens with zero attached hydrogens (tertiary/aromatic N) is 2. The Morgan fingerprint density at radius 3 is 2.54 bits per heavy atom. The molecular formula is C17H20Cl2N4O4S. The van der Waals surface area contributed by atoms with Gasteiger partial charge in [-0.1, -0.05) is 23.7 Å². The Morgan fingerprint density at radius 2 is 1.86 bits per heavy atom. The summed E-state index contributed by atoms with van der Waals surface area (Å²) in [5, 5.41) is 7.19. The van der Waals surface area contributed by atoms with Crippen molar-refractivity contribution in [3.8, 4) is 11.5 Å². The van der Waals surface area contributed by atoms with Crippen LogP contribution in [-0.4, -0.2) is 27.2 Å². The van der Waals surface area contributed by atoms with Crippen molar-refractivity contribution in [3.05, 3.63) is 53.1 Å². The molecule has 0 aliphatic carbocycles. The van der Waals surface area contributed by atoms with Crippen LogP contribution >= 0.6 is 24.0 Å². The molecule has 11 heteroatoms. The molecule has 4 N–H and O–H groups in total. The van der Waals surface area contributed by atoms with Crippen molar-refractivity contribution in [1.82, 2.24) is 0 Å². The van der Waals surface area contributed by atoms with Crippen LogP contribution in [0, 0.1) is 6.92 Å². The molecule has 8 nitrogen and oxygen atoms in total. The number of hydrogen-bond acceptors (Lipinski definition) is 6. The summed E-state index contributed by atoms with van der Waals surface area (Å²) in [6.07, 6.45) is 1.95. The van der Waals surface area contributed by atoms with Crippen LogP contribution in [0.3, 0.4) is 0 Å². The van der Waals surface area contributed by atoms with Gasteiger partial charge in [0.2, 0.25) is 5.96 Å². The Bertz CT molecular complexity index is 961. The largest absolute Gasteiger partial charge is 0.493 e. The number of rotatable bonds is 8. The molecule has 0 aliphatic heterocycles. The zero-order chi connectivity index (χ0) is 19.9. The fraction of sp³-hybridized carbons (Fsp3) is 0.176. The first-order valence-electron chi connectivity index (χ1n) is 7.82. The number of guanidine groups is 1. The standard InChI is InChI=1S/C17H19ClN4O4S.ClH/c1-12-9-13(25-8-4-7-21-22-17(19)20)11-14(10-12)26-27(23,24)16-6-3-2-5-15(16)18;/h2-3,5-7,9-11H,4,8H2,1H3,(H4,19,20,22);1H/b21-7+;. The van der Waals surface area contributed by atoms with E-state index in [-0.39, 0.29) is 34.0 Å². The average molecular weight is 447 g/mol.